The van der Waals surface area contributed by atoms with Crippen LogP contribution in [-0.4, -0.2) is 70.2 Å². The van der Waals surface area contributed by atoms with Gasteiger partial charge in [0.1, 0.15) is 4.90 Å². The molecule has 0 fully saturated rings. The Morgan fingerprint density at radius 3 is 2.48 bits per heavy atom. The van der Waals surface area contributed by atoms with Crippen LogP contribution in [0, 0.1) is 0 Å². The quantitative estimate of drug-likeness (QED) is 0.575. The minimum atomic E-state index is -3.59. The highest BCUT2D eigenvalue weighted by Gasteiger charge is 2.14. The summed E-state index contributed by atoms with van der Waals surface area (Å²) in [6.45, 7) is 4.48. The van der Waals surface area contributed by atoms with E-state index in [0.717, 1.165) is 6.54 Å². The first kappa shape index (κ1) is 17.8. The fraction of sp³-hybridized carbons (Fsp3) is 0.667. The summed E-state index contributed by atoms with van der Waals surface area (Å²) >= 11 is 0. The number of hydrogen-bond donors (Lipinski definition) is 2. The lowest BCUT2D eigenvalue weighted by Crippen LogP contribution is -2.28. The van der Waals surface area contributed by atoms with Gasteiger partial charge in [0.25, 0.3) is 0 Å². The monoisotopic (exact) mass is 317 g/mol. The summed E-state index contributed by atoms with van der Waals surface area (Å²) in [6.07, 6.45) is 2.56. The molecule has 0 bridgehead atoms. The second-order valence-corrected chi connectivity index (χ2v) is 6.35. The molecule has 0 aromatic carbocycles. The second-order valence-electron chi connectivity index (χ2n) is 4.59. The molecule has 1 aromatic heterocycles. The van der Waals surface area contributed by atoms with E-state index in [2.05, 4.69) is 20.0 Å². The molecular formula is C12H23N5O3S. The summed E-state index contributed by atoms with van der Waals surface area (Å²) in [6, 6.07) is 0. The third-order valence-corrected chi connectivity index (χ3v) is 3.91. The lowest BCUT2D eigenvalue weighted by atomic mass is 10.6. The van der Waals surface area contributed by atoms with E-state index < -0.39 is 10.0 Å². The van der Waals surface area contributed by atoms with E-state index in [1.54, 1.807) is 0 Å². The van der Waals surface area contributed by atoms with E-state index in [0.29, 0.717) is 25.7 Å². The maximum atomic E-state index is 12.0. The Kier molecular flexibility index (Phi) is 7.51. The molecule has 0 aliphatic carbocycles. The van der Waals surface area contributed by atoms with Crippen LogP contribution in [-0.2, 0) is 14.8 Å². The van der Waals surface area contributed by atoms with Gasteiger partial charge in [0.05, 0.1) is 25.6 Å². The molecule has 0 spiro atoms. The van der Waals surface area contributed by atoms with E-state index in [9.17, 15) is 8.42 Å². The molecule has 0 aliphatic heterocycles. The SMILES string of the molecule is CCNc1ncc(S(=O)(=O)NCCOCCN(C)C)cn1. The van der Waals surface area contributed by atoms with Crippen LogP contribution in [0.4, 0.5) is 5.95 Å². The Labute approximate surface area is 126 Å². The van der Waals surface area contributed by atoms with Crippen molar-refractivity contribution in [1.29, 1.82) is 0 Å². The predicted octanol–water partition coefficient (Wildman–Crippen LogP) is -0.235. The normalized spacial score (nSPS) is 11.8. The van der Waals surface area contributed by atoms with Crippen LogP contribution in [0.5, 0.6) is 0 Å². The molecule has 120 valence electrons. The Morgan fingerprint density at radius 1 is 1.24 bits per heavy atom. The largest absolute Gasteiger partial charge is 0.379 e. The lowest BCUT2D eigenvalue weighted by Gasteiger charge is -2.10. The maximum absolute atomic E-state index is 12.0. The van der Waals surface area contributed by atoms with Gasteiger partial charge in [-0.25, -0.2) is 23.1 Å². The van der Waals surface area contributed by atoms with Gasteiger partial charge in [-0.3, -0.25) is 0 Å². The van der Waals surface area contributed by atoms with Crippen LogP contribution in [0.2, 0.25) is 0 Å². The Bertz CT molecular complexity index is 504. The van der Waals surface area contributed by atoms with Crippen LogP contribution >= 0.6 is 0 Å². The number of rotatable bonds is 10. The molecule has 1 rings (SSSR count). The van der Waals surface area contributed by atoms with E-state index >= 15 is 0 Å². The van der Waals surface area contributed by atoms with Gasteiger partial charge in [0.15, 0.2) is 0 Å². The molecule has 0 saturated carbocycles. The van der Waals surface area contributed by atoms with Crippen LogP contribution in [0.25, 0.3) is 0 Å². The molecular weight excluding hydrogens is 294 g/mol. The van der Waals surface area contributed by atoms with E-state index in [1.165, 1.54) is 12.4 Å². The van der Waals surface area contributed by atoms with Crippen molar-refractivity contribution in [3.63, 3.8) is 0 Å². The van der Waals surface area contributed by atoms with E-state index in [-0.39, 0.29) is 11.4 Å². The van der Waals surface area contributed by atoms with Crippen LogP contribution < -0.4 is 10.0 Å². The van der Waals surface area contributed by atoms with Crippen molar-refractivity contribution < 1.29 is 13.2 Å². The van der Waals surface area contributed by atoms with Crippen molar-refractivity contribution in [2.24, 2.45) is 0 Å². The predicted molar refractivity (Wildman–Crippen MR) is 80.8 cm³/mol. The first-order valence-corrected chi connectivity index (χ1v) is 8.22. The summed E-state index contributed by atoms with van der Waals surface area (Å²) < 4.78 is 31.7. The van der Waals surface area contributed by atoms with Crippen LogP contribution in [0.1, 0.15) is 6.92 Å². The van der Waals surface area contributed by atoms with Crippen molar-refractivity contribution in [2.45, 2.75) is 11.8 Å². The first-order valence-electron chi connectivity index (χ1n) is 6.73. The first-order chi connectivity index (χ1) is 9.95. The Hall–Kier alpha value is -1.29. The molecule has 0 aliphatic rings. The summed E-state index contributed by atoms with van der Waals surface area (Å²) in [5.41, 5.74) is 0. The third-order valence-electron chi connectivity index (χ3n) is 2.49. The number of ether oxygens (including phenoxy) is 1. The summed E-state index contributed by atoms with van der Waals surface area (Å²) in [7, 11) is 0.306. The maximum Gasteiger partial charge on any atom is 0.243 e. The molecule has 0 unspecified atom stereocenters. The van der Waals surface area contributed by atoms with E-state index in [4.69, 9.17) is 4.74 Å². The van der Waals surface area contributed by atoms with E-state index in [1.807, 2.05) is 25.9 Å². The number of likely N-dealkylation sites (N-methyl/N-ethyl adjacent to an activating group) is 1. The lowest BCUT2D eigenvalue weighted by molar-refractivity contribution is 0.122. The summed E-state index contributed by atoms with van der Waals surface area (Å²) in [4.78, 5) is 9.90. The van der Waals surface area contributed by atoms with Gasteiger partial charge in [0, 0.05) is 19.6 Å². The average molecular weight is 317 g/mol. The number of hydrogen-bond acceptors (Lipinski definition) is 7. The number of aromatic nitrogens is 2. The minimum Gasteiger partial charge on any atom is -0.379 e. The average Bonchev–Trinajstić information content (AvgIpc) is 2.43. The van der Waals surface area contributed by atoms with Crippen LogP contribution in [0.15, 0.2) is 17.3 Å². The molecule has 0 radical (unpaired) electrons. The molecule has 8 nitrogen and oxygen atoms in total. The molecule has 21 heavy (non-hydrogen) atoms. The van der Waals surface area contributed by atoms with Crippen molar-refractivity contribution >= 4 is 16.0 Å². The second kappa shape index (κ2) is 8.88. The van der Waals surface area contributed by atoms with Crippen LogP contribution in [0.3, 0.4) is 0 Å². The highest BCUT2D eigenvalue weighted by Crippen LogP contribution is 2.06. The summed E-state index contributed by atoms with van der Waals surface area (Å²) in [5, 5.41) is 2.90. The number of nitrogens with zero attached hydrogens (tertiary/aromatic N) is 3. The number of sulfonamides is 1. The summed E-state index contributed by atoms with van der Waals surface area (Å²) in [5.74, 6) is 0.406. The van der Waals surface area contributed by atoms with Gasteiger partial charge in [-0.2, -0.15) is 0 Å². The van der Waals surface area contributed by atoms with Crippen molar-refractivity contribution in [3.8, 4) is 0 Å². The van der Waals surface area contributed by atoms with Gasteiger partial charge < -0.3 is 15.0 Å². The molecule has 2 N–H and O–H groups in total. The fourth-order valence-corrected chi connectivity index (χ4v) is 2.29. The standard InChI is InChI=1S/C12H23N5O3S/c1-4-13-12-14-9-11(10-15-12)21(18,19)16-5-7-20-8-6-17(2)3/h9-10,16H,4-8H2,1-3H3,(H,13,14,15). The third kappa shape index (κ3) is 6.80. The zero-order chi connectivity index (χ0) is 15.7. The van der Waals surface area contributed by atoms with Crippen molar-refractivity contribution in [2.75, 3.05) is 52.3 Å². The zero-order valence-corrected chi connectivity index (χ0v) is 13.5. The molecule has 9 heteroatoms. The van der Waals surface area contributed by atoms with Crippen molar-refractivity contribution in [1.82, 2.24) is 19.6 Å². The topological polar surface area (TPSA) is 96.5 Å². The highest BCUT2D eigenvalue weighted by atomic mass is 32.2. The molecule has 0 saturated heterocycles. The van der Waals surface area contributed by atoms with Gasteiger partial charge in [-0.15, -0.1) is 0 Å². The van der Waals surface area contributed by atoms with Gasteiger partial charge in [-0.05, 0) is 21.0 Å². The highest BCUT2D eigenvalue weighted by molar-refractivity contribution is 7.89. The van der Waals surface area contributed by atoms with Gasteiger partial charge in [-0.1, -0.05) is 0 Å². The fourth-order valence-electron chi connectivity index (χ4n) is 1.39. The van der Waals surface area contributed by atoms with Crippen molar-refractivity contribution in [3.05, 3.63) is 12.4 Å². The van der Waals surface area contributed by atoms with Gasteiger partial charge >= 0.3 is 0 Å². The Balaban J connectivity index is 2.39. The van der Waals surface area contributed by atoms with Gasteiger partial charge in [0.2, 0.25) is 16.0 Å². The molecule has 0 atom stereocenters. The molecule has 1 heterocycles. The molecule has 0 amide bonds. The Morgan fingerprint density at radius 2 is 1.90 bits per heavy atom. The number of anilines is 1. The smallest absolute Gasteiger partial charge is 0.243 e. The molecule has 1 aromatic rings. The zero-order valence-electron chi connectivity index (χ0n) is 12.7. The number of nitrogens with one attached hydrogen (secondary N) is 2. The minimum absolute atomic E-state index is 0.0393.